The highest BCUT2D eigenvalue weighted by atomic mass is 32.2. The molecule has 1 amide bonds. The number of rotatable bonds is 6. The molecule has 0 spiro atoms. The molecule has 11 nitrogen and oxygen atoms in total. The third-order valence-electron chi connectivity index (χ3n) is 6.08. The third-order valence-corrected chi connectivity index (χ3v) is 8.02. The van der Waals surface area contributed by atoms with Gasteiger partial charge in [0.25, 0.3) is 11.6 Å². The Morgan fingerprint density at radius 3 is 2.26 bits per heavy atom. The van der Waals surface area contributed by atoms with E-state index in [4.69, 9.17) is 0 Å². The lowest BCUT2D eigenvalue weighted by atomic mass is 10.2. The Labute approximate surface area is 195 Å². The predicted octanol–water partition coefficient (Wildman–Crippen LogP) is 2.20. The van der Waals surface area contributed by atoms with Gasteiger partial charge in [0.2, 0.25) is 10.0 Å². The van der Waals surface area contributed by atoms with Gasteiger partial charge in [0.05, 0.1) is 16.3 Å². The maximum absolute atomic E-state index is 13.3. The average Bonchev–Trinajstić information content (AvgIpc) is 3.61. The van der Waals surface area contributed by atoms with Crippen LogP contribution in [0.5, 0.6) is 0 Å². The number of amides is 1. The van der Waals surface area contributed by atoms with E-state index in [1.807, 2.05) is 30.3 Å². The summed E-state index contributed by atoms with van der Waals surface area (Å²) in [6.07, 6.45) is 1.92. The van der Waals surface area contributed by atoms with Gasteiger partial charge in [-0.25, -0.2) is 13.1 Å². The van der Waals surface area contributed by atoms with Crippen molar-refractivity contribution in [3.63, 3.8) is 0 Å². The first-order valence-corrected chi connectivity index (χ1v) is 12.4. The fraction of sp³-hybridized carbons (Fsp3) is 0.318. The lowest BCUT2D eigenvalue weighted by Gasteiger charge is -2.33. The van der Waals surface area contributed by atoms with Crippen molar-refractivity contribution in [2.45, 2.75) is 23.7 Å². The van der Waals surface area contributed by atoms with Crippen LogP contribution >= 0.6 is 0 Å². The second-order valence-corrected chi connectivity index (χ2v) is 10.2. The molecule has 2 fully saturated rings. The molecule has 0 atom stereocenters. The summed E-state index contributed by atoms with van der Waals surface area (Å²) >= 11 is 0. The molecule has 1 saturated carbocycles. The number of nitrogens with zero attached hydrogens (tertiary/aromatic N) is 6. The Morgan fingerprint density at radius 2 is 1.62 bits per heavy atom. The fourth-order valence-electron chi connectivity index (χ4n) is 4.17. The zero-order chi connectivity index (χ0) is 23.9. The van der Waals surface area contributed by atoms with Gasteiger partial charge in [-0.05, 0) is 31.0 Å². The topological polar surface area (TPSA) is 132 Å². The lowest BCUT2D eigenvalue weighted by molar-refractivity contribution is -0.387. The zero-order valence-electron chi connectivity index (χ0n) is 18.1. The number of nitro benzene ring substituents is 1. The van der Waals surface area contributed by atoms with Crippen LogP contribution in [0.1, 0.15) is 34.9 Å². The molecular formula is C22H22N6O5S. The Balaban J connectivity index is 1.35. The maximum Gasteiger partial charge on any atom is 0.289 e. The summed E-state index contributed by atoms with van der Waals surface area (Å²) in [5.41, 5.74) is 1.44. The molecule has 1 aromatic heterocycles. The number of sulfonamides is 1. The van der Waals surface area contributed by atoms with Crippen molar-refractivity contribution >= 4 is 21.6 Å². The van der Waals surface area contributed by atoms with Crippen LogP contribution in [0.25, 0.3) is 5.69 Å². The first-order chi connectivity index (χ1) is 16.4. The quantitative estimate of drug-likeness (QED) is 0.389. The van der Waals surface area contributed by atoms with E-state index in [2.05, 4.69) is 10.3 Å². The zero-order valence-corrected chi connectivity index (χ0v) is 19.0. The van der Waals surface area contributed by atoms with E-state index in [0.717, 1.165) is 24.2 Å². The van der Waals surface area contributed by atoms with Crippen LogP contribution in [0.3, 0.4) is 0 Å². The minimum atomic E-state index is -4.07. The van der Waals surface area contributed by atoms with Gasteiger partial charge in [0, 0.05) is 38.2 Å². The lowest BCUT2D eigenvalue weighted by Crippen LogP contribution is -2.50. The number of nitro groups is 1. The van der Waals surface area contributed by atoms with Crippen molar-refractivity contribution in [3.05, 3.63) is 76.1 Å². The SMILES string of the molecule is O=C(c1nnn(-c2ccccc2)c1C1CC1)N1CCN(S(=O)(=O)c2ccccc2[N+](=O)[O-])CC1. The fourth-order valence-corrected chi connectivity index (χ4v) is 5.75. The van der Waals surface area contributed by atoms with Crippen LogP contribution in [-0.4, -0.2) is 69.6 Å². The normalized spacial score (nSPS) is 17.0. The molecule has 34 heavy (non-hydrogen) atoms. The highest BCUT2D eigenvalue weighted by Gasteiger charge is 2.38. The number of para-hydroxylation sites is 2. The molecule has 2 aromatic carbocycles. The highest BCUT2D eigenvalue weighted by Crippen LogP contribution is 2.42. The molecule has 0 N–H and O–H groups in total. The number of piperazine rings is 1. The molecule has 0 bridgehead atoms. The predicted molar refractivity (Wildman–Crippen MR) is 121 cm³/mol. The molecule has 3 aromatic rings. The highest BCUT2D eigenvalue weighted by molar-refractivity contribution is 7.89. The third kappa shape index (κ3) is 3.94. The summed E-state index contributed by atoms with van der Waals surface area (Å²) in [5, 5.41) is 19.7. The summed E-state index contributed by atoms with van der Waals surface area (Å²) in [6, 6.07) is 14.8. The van der Waals surface area contributed by atoms with E-state index in [1.165, 1.54) is 28.6 Å². The Kier molecular flexibility index (Phi) is 5.62. The molecule has 0 unspecified atom stereocenters. The first kappa shape index (κ1) is 22.2. The van der Waals surface area contributed by atoms with Crippen molar-refractivity contribution in [2.75, 3.05) is 26.2 Å². The van der Waals surface area contributed by atoms with Gasteiger partial charge in [0.1, 0.15) is 0 Å². The summed E-state index contributed by atoms with van der Waals surface area (Å²) in [7, 11) is -4.07. The number of carbonyl (C=O) groups is 1. The van der Waals surface area contributed by atoms with Crippen molar-refractivity contribution < 1.29 is 18.1 Å². The second-order valence-electron chi connectivity index (χ2n) is 8.27. The minimum Gasteiger partial charge on any atom is -0.335 e. The van der Waals surface area contributed by atoms with E-state index in [0.29, 0.717) is 5.69 Å². The van der Waals surface area contributed by atoms with Crippen molar-refractivity contribution in [3.8, 4) is 5.69 Å². The van der Waals surface area contributed by atoms with Crippen LogP contribution in [0.4, 0.5) is 5.69 Å². The van der Waals surface area contributed by atoms with E-state index in [9.17, 15) is 23.3 Å². The van der Waals surface area contributed by atoms with E-state index < -0.39 is 20.6 Å². The Morgan fingerprint density at radius 1 is 0.971 bits per heavy atom. The number of hydrogen-bond acceptors (Lipinski definition) is 7. The molecule has 2 aliphatic rings. The first-order valence-electron chi connectivity index (χ1n) is 10.9. The second kappa shape index (κ2) is 8.61. The summed E-state index contributed by atoms with van der Waals surface area (Å²) < 4.78 is 29.0. The molecule has 0 radical (unpaired) electrons. The average molecular weight is 483 g/mol. The van der Waals surface area contributed by atoms with Gasteiger partial charge in [-0.15, -0.1) is 5.10 Å². The van der Waals surface area contributed by atoms with Crippen molar-refractivity contribution in [2.24, 2.45) is 0 Å². The number of hydrogen-bond donors (Lipinski definition) is 0. The largest absolute Gasteiger partial charge is 0.335 e. The van der Waals surface area contributed by atoms with Crippen LogP contribution in [0.2, 0.25) is 0 Å². The van der Waals surface area contributed by atoms with E-state index in [-0.39, 0.29) is 42.9 Å². The molecule has 1 aliphatic heterocycles. The number of aromatic nitrogens is 3. The van der Waals surface area contributed by atoms with Gasteiger partial charge >= 0.3 is 0 Å². The molecule has 12 heteroatoms. The van der Waals surface area contributed by atoms with Crippen LogP contribution in [0.15, 0.2) is 59.5 Å². The molecule has 2 heterocycles. The number of benzene rings is 2. The smallest absolute Gasteiger partial charge is 0.289 e. The molecule has 1 aliphatic carbocycles. The molecule has 1 saturated heterocycles. The summed E-state index contributed by atoms with van der Waals surface area (Å²) in [4.78, 5) is 25.1. The Hall–Kier alpha value is -3.64. The van der Waals surface area contributed by atoms with Gasteiger partial charge < -0.3 is 4.90 Å². The summed E-state index contributed by atoms with van der Waals surface area (Å²) in [6.45, 7) is 0.374. The van der Waals surface area contributed by atoms with E-state index >= 15 is 0 Å². The van der Waals surface area contributed by atoms with Gasteiger partial charge in [0.15, 0.2) is 10.6 Å². The number of carbonyl (C=O) groups excluding carboxylic acids is 1. The standard InChI is InChI=1S/C22H22N6O5S/c29-22(20-21(16-10-11-16)27(24-23-20)17-6-2-1-3-7-17)25-12-14-26(15-13-25)34(32,33)19-9-5-4-8-18(19)28(30)31/h1-9,16H,10-15H2. The van der Waals surface area contributed by atoms with Gasteiger partial charge in [-0.2, -0.15) is 4.31 Å². The van der Waals surface area contributed by atoms with Crippen molar-refractivity contribution in [1.29, 1.82) is 0 Å². The van der Waals surface area contributed by atoms with Crippen LogP contribution in [0, 0.1) is 10.1 Å². The van der Waals surface area contributed by atoms with Crippen molar-refractivity contribution in [1.82, 2.24) is 24.2 Å². The van der Waals surface area contributed by atoms with Gasteiger partial charge in [-0.1, -0.05) is 35.5 Å². The van der Waals surface area contributed by atoms with E-state index in [1.54, 1.807) is 9.58 Å². The minimum absolute atomic E-state index is 0.0334. The monoisotopic (exact) mass is 482 g/mol. The van der Waals surface area contributed by atoms with Crippen LogP contribution in [-0.2, 0) is 10.0 Å². The molecular weight excluding hydrogens is 460 g/mol. The maximum atomic E-state index is 13.3. The molecule has 176 valence electrons. The van der Waals surface area contributed by atoms with Gasteiger partial charge in [-0.3, -0.25) is 14.9 Å². The molecule has 5 rings (SSSR count). The van der Waals surface area contributed by atoms with Crippen LogP contribution < -0.4 is 0 Å². The Bertz CT molecular complexity index is 1350. The summed E-state index contributed by atoms with van der Waals surface area (Å²) in [5.74, 6) is -0.0683.